The number of carbonyl (C=O) groups is 2. The van der Waals surface area contributed by atoms with Gasteiger partial charge in [-0.25, -0.2) is 4.79 Å². The van der Waals surface area contributed by atoms with Gasteiger partial charge in [0.1, 0.15) is 6.54 Å². The minimum absolute atomic E-state index is 0.0449. The van der Waals surface area contributed by atoms with Gasteiger partial charge in [-0.15, -0.1) is 0 Å². The van der Waals surface area contributed by atoms with E-state index in [1.807, 2.05) is 77.8 Å². The molecule has 3 aromatic carbocycles. The predicted molar refractivity (Wildman–Crippen MR) is 147 cm³/mol. The molecule has 1 aromatic heterocycles. The number of aromatic nitrogens is 1. The standard InChI is InChI=1S/C29H29BrN4O2/c30-23-10-12-24(13-11-23)32-29(36)34(25-14-15-25)20-28(35)33(19-21-6-2-1-3-7-21)17-16-22-18-31-27-9-5-4-8-26(22)27/h1-13,18,25,31H,14-17,19-20H2,(H,32,36). The molecule has 6 nitrogen and oxygen atoms in total. The van der Waals surface area contributed by atoms with E-state index in [0.717, 1.165) is 34.8 Å². The topological polar surface area (TPSA) is 68.4 Å². The average molecular weight is 545 g/mol. The maximum atomic E-state index is 13.6. The largest absolute Gasteiger partial charge is 0.361 e. The summed E-state index contributed by atoms with van der Waals surface area (Å²) in [6, 6.07) is 25.6. The van der Waals surface area contributed by atoms with Crippen LogP contribution in [-0.2, 0) is 17.8 Å². The lowest BCUT2D eigenvalue weighted by molar-refractivity contribution is -0.132. The summed E-state index contributed by atoms with van der Waals surface area (Å²) in [5.74, 6) is -0.0449. The number of hydrogen-bond donors (Lipinski definition) is 2. The third kappa shape index (κ3) is 5.97. The number of para-hydroxylation sites is 1. The zero-order valence-electron chi connectivity index (χ0n) is 20.0. The highest BCUT2D eigenvalue weighted by Gasteiger charge is 2.35. The molecule has 5 rings (SSSR count). The number of carbonyl (C=O) groups excluding carboxylic acids is 2. The molecule has 0 saturated heterocycles. The molecule has 1 aliphatic carbocycles. The van der Waals surface area contributed by atoms with Crippen molar-refractivity contribution in [1.29, 1.82) is 0 Å². The Labute approximate surface area is 219 Å². The van der Waals surface area contributed by atoms with Gasteiger partial charge in [0.15, 0.2) is 0 Å². The maximum Gasteiger partial charge on any atom is 0.322 e. The maximum absolute atomic E-state index is 13.6. The Balaban J connectivity index is 1.30. The fourth-order valence-electron chi connectivity index (χ4n) is 4.42. The van der Waals surface area contributed by atoms with E-state index in [0.29, 0.717) is 18.8 Å². The summed E-state index contributed by atoms with van der Waals surface area (Å²) in [4.78, 5) is 33.6. The quantitative estimate of drug-likeness (QED) is 0.263. The molecular weight excluding hydrogens is 516 g/mol. The normalized spacial score (nSPS) is 12.9. The van der Waals surface area contributed by atoms with Crippen LogP contribution < -0.4 is 5.32 Å². The molecule has 1 aliphatic rings. The molecule has 184 valence electrons. The Kier molecular flexibility index (Phi) is 7.37. The van der Waals surface area contributed by atoms with Crippen molar-refractivity contribution in [3.8, 4) is 0 Å². The zero-order chi connectivity index (χ0) is 24.9. The number of hydrogen-bond acceptors (Lipinski definition) is 2. The van der Waals surface area contributed by atoms with E-state index in [1.54, 1.807) is 4.90 Å². The fraction of sp³-hybridized carbons (Fsp3) is 0.241. The monoisotopic (exact) mass is 544 g/mol. The molecule has 0 radical (unpaired) electrons. The highest BCUT2D eigenvalue weighted by Crippen LogP contribution is 2.28. The van der Waals surface area contributed by atoms with Gasteiger partial charge < -0.3 is 20.1 Å². The van der Waals surface area contributed by atoms with Crippen LogP contribution in [0.5, 0.6) is 0 Å². The minimum Gasteiger partial charge on any atom is -0.361 e. The molecule has 0 aliphatic heterocycles. The molecule has 2 N–H and O–H groups in total. The minimum atomic E-state index is -0.232. The molecule has 1 saturated carbocycles. The number of rotatable bonds is 9. The number of benzene rings is 3. The van der Waals surface area contributed by atoms with Gasteiger partial charge in [-0.05, 0) is 60.7 Å². The van der Waals surface area contributed by atoms with Crippen LogP contribution in [0.25, 0.3) is 10.9 Å². The summed E-state index contributed by atoms with van der Waals surface area (Å²) in [5.41, 5.74) is 4.06. The number of aromatic amines is 1. The number of nitrogens with one attached hydrogen (secondary N) is 2. The third-order valence-electron chi connectivity index (χ3n) is 6.54. The summed E-state index contributed by atoms with van der Waals surface area (Å²) in [6.45, 7) is 1.14. The van der Waals surface area contributed by atoms with E-state index in [-0.39, 0.29) is 24.5 Å². The molecule has 0 unspecified atom stereocenters. The van der Waals surface area contributed by atoms with E-state index < -0.39 is 0 Å². The number of nitrogens with zero attached hydrogens (tertiary/aromatic N) is 2. The first-order chi connectivity index (χ1) is 17.6. The van der Waals surface area contributed by atoms with E-state index in [1.165, 1.54) is 10.9 Å². The highest BCUT2D eigenvalue weighted by atomic mass is 79.9. The third-order valence-corrected chi connectivity index (χ3v) is 7.07. The lowest BCUT2D eigenvalue weighted by atomic mass is 10.1. The Morgan fingerprint density at radius 1 is 0.944 bits per heavy atom. The van der Waals surface area contributed by atoms with Gasteiger partial charge in [0.25, 0.3) is 0 Å². The summed E-state index contributed by atoms with van der Waals surface area (Å²) < 4.78 is 0.946. The first kappa shape index (κ1) is 24.1. The van der Waals surface area contributed by atoms with E-state index >= 15 is 0 Å². The van der Waals surface area contributed by atoms with Crippen LogP contribution in [0.3, 0.4) is 0 Å². The van der Waals surface area contributed by atoms with E-state index in [9.17, 15) is 9.59 Å². The average Bonchev–Trinajstić information content (AvgIpc) is 3.66. The van der Waals surface area contributed by atoms with Gasteiger partial charge in [0, 0.05) is 46.4 Å². The molecule has 0 spiro atoms. The van der Waals surface area contributed by atoms with Crippen LogP contribution in [0.4, 0.5) is 10.5 Å². The van der Waals surface area contributed by atoms with E-state index in [4.69, 9.17) is 0 Å². The van der Waals surface area contributed by atoms with Crippen LogP contribution >= 0.6 is 15.9 Å². The van der Waals surface area contributed by atoms with Crippen molar-refractivity contribution in [3.63, 3.8) is 0 Å². The Morgan fingerprint density at radius 3 is 2.42 bits per heavy atom. The van der Waals surface area contributed by atoms with Crippen molar-refractivity contribution in [2.75, 3.05) is 18.4 Å². The van der Waals surface area contributed by atoms with Gasteiger partial charge in [-0.3, -0.25) is 4.79 Å². The van der Waals surface area contributed by atoms with Crippen LogP contribution in [0.15, 0.2) is 89.5 Å². The number of amides is 3. The first-order valence-corrected chi connectivity index (χ1v) is 13.1. The highest BCUT2D eigenvalue weighted by molar-refractivity contribution is 9.10. The molecule has 0 bridgehead atoms. The number of urea groups is 1. The molecule has 3 amide bonds. The second-order valence-corrected chi connectivity index (χ2v) is 10.1. The van der Waals surface area contributed by atoms with Gasteiger partial charge in [0.2, 0.25) is 5.91 Å². The van der Waals surface area contributed by atoms with Crippen molar-refractivity contribution >= 4 is 44.5 Å². The number of fused-ring (bicyclic) bond motifs is 1. The summed E-state index contributed by atoms with van der Waals surface area (Å²) in [6.07, 6.45) is 4.61. The fourth-order valence-corrected chi connectivity index (χ4v) is 4.68. The van der Waals surface area contributed by atoms with Crippen LogP contribution in [-0.4, -0.2) is 45.9 Å². The lowest BCUT2D eigenvalue weighted by Gasteiger charge is -2.28. The van der Waals surface area contributed by atoms with Crippen molar-refractivity contribution in [3.05, 3.63) is 101 Å². The summed E-state index contributed by atoms with van der Waals surface area (Å²) in [5, 5.41) is 4.13. The number of anilines is 1. The van der Waals surface area contributed by atoms with Crippen LogP contribution in [0, 0.1) is 0 Å². The van der Waals surface area contributed by atoms with Crippen molar-refractivity contribution in [1.82, 2.24) is 14.8 Å². The molecule has 0 atom stereocenters. The van der Waals surface area contributed by atoms with Crippen LogP contribution in [0.2, 0.25) is 0 Å². The van der Waals surface area contributed by atoms with Crippen molar-refractivity contribution in [2.24, 2.45) is 0 Å². The lowest BCUT2D eigenvalue weighted by Crippen LogP contribution is -2.45. The number of halogens is 1. The van der Waals surface area contributed by atoms with Gasteiger partial charge >= 0.3 is 6.03 Å². The number of H-pyrrole nitrogens is 1. The summed E-state index contributed by atoms with van der Waals surface area (Å²) >= 11 is 3.42. The Morgan fingerprint density at radius 2 is 1.67 bits per heavy atom. The smallest absolute Gasteiger partial charge is 0.322 e. The van der Waals surface area contributed by atoms with Crippen LogP contribution in [0.1, 0.15) is 24.0 Å². The molecular formula is C29H29BrN4O2. The van der Waals surface area contributed by atoms with E-state index in [2.05, 4.69) is 38.4 Å². The van der Waals surface area contributed by atoms with Crippen molar-refractivity contribution in [2.45, 2.75) is 31.8 Å². The first-order valence-electron chi connectivity index (χ1n) is 12.3. The molecule has 4 aromatic rings. The second-order valence-electron chi connectivity index (χ2n) is 9.21. The molecule has 1 heterocycles. The van der Waals surface area contributed by atoms with Crippen molar-refractivity contribution < 1.29 is 9.59 Å². The SMILES string of the molecule is O=C(CN(C(=O)Nc1ccc(Br)cc1)C1CC1)N(CCc1c[nH]c2ccccc12)Cc1ccccc1. The summed E-state index contributed by atoms with van der Waals surface area (Å²) in [7, 11) is 0. The molecule has 7 heteroatoms. The van der Waals surface area contributed by atoms with Gasteiger partial charge in [-0.2, -0.15) is 0 Å². The Bertz CT molecular complexity index is 1330. The second kappa shape index (κ2) is 11.0. The Hall–Kier alpha value is -3.58. The molecule has 1 fully saturated rings. The predicted octanol–water partition coefficient (Wildman–Crippen LogP) is 6.20. The zero-order valence-corrected chi connectivity index (χ0v) is 21.6. The van der Waals surface area contributed by atoms with Gasteiger partial charge in [0.05, 0.1) is 0 Å². The molecule has 36 heavy (non-hydrogen) atoms. The van der Waals surface area contributed by atoms with Gasteiger partial charge in [-0.1, -0.05) is 64.5 Å².